The zero-order chi connectivity index (χ0) is 32.4. The third kappa shape index (κ3) is 7.16. The van der Waals surface area contributed by atoms with Crippen LogP contribution in [0.2, 0.25) is 0 Å². The second-order valence-corrected chi connectivity index (χ2v) is 13.1. The van der Waals surface area contributed by atoms with Crippen molar-refractivity contribution in [1.82, 2.24) is 29.7 Å². The number of rotatable bonds is 7. The van der Waals surface area contributed by atoms with E-state index in [-0.39, 0.29) is 23.8 Å². The first-order valence-electron chi connectivity index (χ1n) is 16.1. The number of nitrogens with one attached hydrogen (secondary N) is 2. The van der Waals surface area contributed by atoms with Crippen LogP contribution in [0.1, 0.15) is 71.5 Å². The lowest BCUT2D eigenvalue weighted by molar-refractivity contribution is -0.126. The lowest BCUT2D eigenvalue weighted by atomic mass is 9.91. The minimum absolute atomic E-state index is 0.0197. The molecule has 3 fully saturated rings. The molecule has 3 aliphatic rings. The Morgan fingerprint density at radius 2 is 1.65 bits per heavy atom. The van der Waals surface area contributed by atoms with Gasteiger partial charge in [0.2, 0.25) is 11.9 Å². The van der Waals surface area contributed by atoms with Crippen LogP contribution < -0.4 is 15.5 Å². The van der Waals surface area contributed by atoms with Gasteiger partial charge in [-0.15, -0.1) is 0 Å². The molecule has 2 saturated heterocycles. The molecule has 46 heavy (non-hydrogen) atoms. The van der Waals surface area contributed by atoms with Gasteiger partial charge in [0.1, 0.15) is 23.3 Å². The number of nitrogens with zero attached hydrogens (tertiary/aromatic N) is 6. The molecule has 2 N–H and O–H groups in total. The van der Waals surface area contributed by atoms with Crippen LogP contribution in [0.25, 0.3) is 16.9 Å². The zero-order valence-corrected chi connectivity index (χ0v) is 26.5. The van der Waals surface area contributed by atoms with Crippen molar-refractivity contribution in [2.24, 2.45) is 0 Å². The first-order chi connectivity index (χ1) is 22.1. The number of likely N-dealkylation sites (tertiary alicyclic amines) is 1. The molecule has 2 aromatic heterocycles. The highest BCUT2D eigenvalue weighted by atomic mass is 19.3. The van der Waals surface area contributed by atoms with E-state index in [9.17, 15) is 18.4 Å². The van der Waals surface area contributed by atoms with Gasteiger partial charge in [0.15, 0.2) is 5.82 Å². The number of anilines is 2. The topological polar surface area (TPSA) is 127 Å². The summed E-state index contributed by atoms with van der Waals surface area (Å²) in [4.78, 5) is 43.2. The standard InChI is InChI=1S/C32H42F2N8O4/c1-32(2,3)46-31(44)41-14-6-9-24(41)29(43)35-20-10-12-21(13-11-20)36-30-38-25(40-15-17-45-18-16-40)19-26(39-30)42-23-8-5-4-7-22(23)37-28(42)27(33)34/h4-5,7-8,19-21,24,27H,6,9-18H2,1-3H3,(H,35,43)(H,36,38,39)/t20?,21?,24-/m0/s1. The van der Waals surface area contributed by atoms with Crippen molar-refractivity contribution >= 4 is 34.8 Å². The third-order valence-electron chi connectivity index (χ3n) is 8.64. The van der Waals surface area contributed by atoms with Crippen LogP contribution in [-0.2, 0) is 14.3 Å². The highest BCUT2D eigenvalue weighted by Gasteiger charge is 2.37. The average Bonchev–Trinajstić information content (AvgIpc) is 3.68. The van der Waals surface area contributed by atoms with E-state index in [1.54, 1.807) is 30.3 Å². The number of imidazole rings is 1. The predicted octanol–water partition coefficient (Wildman–Crippen LogP) is 4.83. The van der Waals surface area contributed by atoms with Gasteiger partial charge >= 0.3 is 6.09 Å². The van der Waals surface area contributed by atoms with E-state index >= 15 is 0 Å². The SMILES string of the molecule is CC(C)(C)OC(=O)N1CCC[C@H]1C(=O)NC1CCC(Nc2nc(N3CCOCC3)cc(-n3c(C(F)F)nc4ccccc43)n2)CC1. The Kier molecular flexibility index (Phi) is 9.25. The molecule has 248 valence electrons. The number of hydrogen-bond acceptors (Lipinski definition) is 9. The number of ether oxygens (including phenoxy) is 2. The van der Waals surface area contributed by atoms with E-state index in [1.165, 1.54) is 9.47 Å². The largest absolute Gasteiger partial charge is 0.444 e. The van der Waals surface area contributed by atoms with E-state index in [2.05, 4.69) is 20.5 Å². The molecule has 0 radical (unpaired) electrons. The van der Waals surface area contributed by atoms with Crippen LogP contribution in [0.15, 0.2) is 30.3 Å². The molecule has 2 amide bonds. The number of carbonyl (C=O) groups excluding carboxylic acids is 2. The summed E-state index contributed by atoms with van der Waals surface area (Å²) < 4.78 is 40.9. The maximum absolute atomic E-state index is 14.2. The lowest BCUT2D eigenvalue weighted by Gasteiger charge is -2.32. The van der Waals surface area contributed by atoms with Crippen molar-refractivity contribution in [2.45, 2.75) is 89.4 Å². The van der Waals surface area contributed by atoms with Crippen molar-refractivity contribution in [3.05, 3.63) is 36.2 Å². The molecule has 4 heterocycles. The second kappa shape index (κ2) is 13.3. The molecule has 12 nitrogen and oxygen atoms in total. The number of para-hydroxylation sites is 2. The molecule has 14 heteroatoms. The van der Waals surface area contributed by atoms with Crippen molar-refractivity contribution in [3.8, 4) is 5.82 Å². The Morgan fingerprint density at radius 3 is 2.37 bits per heavy atom. The Balaban J connectivity index is 1.15. The quantitative estimate of drug-likeness (QED) is 0.374. The fraction of sp³-hybridized carbons (Fsp3) is 0.594. The summed E-state index contributed by atoms with van der Waals surface area (Å²) in [6.07, 6.45) is 1.09. The lowest BCUT2D eigenvalue weighted by Crippen LogP contribution is -2.50. The average molecular weight is 641 g/mol. The minimum Gasteiger partial charge on any atom is -0.444 e. The van der Waals surface area contributed by atoms with Crippen molar-refractivity contribution in [3.63, 3.8) is 0 Å². The molecule has 3 aromatic rings. The van der Waals surface area contributed by atoms with Crippen molar-refractivity contribution in [2.75, 3.05) is 43.1 Å². The van der Waals surface area contributed by atoms with E-state index < -0.39 is 24.2 Å². The maximum atomic E-state index is 14.2. The molecular formula is C32H42F2N8O4. The normalized spacial score (nSPS) is 22.3. The van der Waals surface area contributed by atoms with Gasteiger partial charge in [-0.25, -0.2) is 18.6 Å². The molecule has 0 bridgehead atoms. The molecule has 0 unspecified atom stereocenters. The molecule has 0 spiro atoms. The fourth-order valence-electron chi connectivity index (χ4n) is 6.43. The van der Waals surface area contributed by atoms with E-state index in [0.29, 0.717) is 67.9 Å². The third-order valence-corrected chi connectivity index (χ3v) is 8.64. The molecule has 1 aromatic carbocycles. The molecule has 1 atom stereocenters. The van der Waals surface area contributed by atoms with Crippen LogP contribution in [0.5, 0.6) is 0 Å². The zero-order valence-electron chi connectivity index (χ0n) is 26.5. The van der Waals surface area contributed by atoms with Gasteiger partial charge < -0.3 is 25.0 Å². The van der Waals surface area contributed by atoms with Gasteiger partial charge in [0.25, 0.3) is 6.43 Å². The monoisotopic (exact) mass is 640 g/mol. The first-order valence-corrected chi connectivity index (χ1v) is 16.1. The molecule has 6 rings (SSSR count). The molecule has 1 saturated carbocycles. The van der Waals surface area contributed by atoms with Gasteiger partial charge in [-0.2, -0.15) is 9.97 Å². The Hall–Kier alpha value is -4.07. The molecule has 1 aliphatic carbocycles. The maximum Gasteiger partial charge on any atom is 0.410 e. The van der Waals surface area contributed by atoms with E-state index in [0.717, 1.165) is 32.1 Å². The smallest absolute Gasteiger partial charge is 0.410 e. The van der Waals surface area contributed by atoms with Crippen molar-refractivity contribution in [1.29, 1.82) is 0 Å². The van der Waals surface area contributed by atoms with Crippen LogP contribution >= 0.6 is 0 Å². The van der Waals surface area contributed by atoms with Gasteiger partial charge in [-0.1, -0.05) is 12.1 Å². The van der Waals surface area contributed by atoms with Gasteiger partial charge in [0.05, 0.1) is 24.2 Å². The predicted molar refractivity (Wildman–Crippen MR) is 168 cm³/mol. The summed E-state index contributed by atoms with van der Waals surface area (Å²) >= 11 is 0. The molecule has 2 aliphatic heterocycles. The number of carbonyl (C=O) groups is 2. The summed E-state index contributed by atoms with van der Waals surface area (Å²) in [5.74, 6) is 0.773. The highest BCUT2D eigenvalue weighted by molar-refractivity contribution is 5.86. The number of amides is 2. The fourth-order valence-corrected chi connectivity index (χ4v) is 6.43. The van der Waals surface area contributed by atoms with Gasteiger partial charge in [-0.3, -0.25) is 14.3 Å². The summed E-state index contributed by atoms with van der Waals surface area (Å²) in [6, 6.07) is 8.23. The minimum atomic E-state index is -2.79. The van der Waals surface area contributed by atoms with Gasteiger partial charge in [0, 0.05) is 37.8 Å². The Bertz CT molecular complexity index is 1550. The highest BCUT2D eigenvalue weighted by Crippen LogP contribution is 2.30. The first kappa shape index (κ1) is 31.9. The second-order valence-electron chi connectivity index (χ2n) is 13.1. The summed E-state index contributed by atoms with van der Waals surface area (Å²) in [5, 5.41) is 6.61. The van der Waals surface area contributed by atoms with E-state index in [4.69, 9.17) is 19.4 Å². The summed E-state index contributed by atoms with van der Waals surface area (Å²) in [6.45, 7) is 8.28. The number of morpholine rings is 1. The van der Waals surface area contributed by atoms with Gasteiger partial charge in [-0.05, 0) is 71.4 Å². The van der Waals surface area contributed by atoms with Crippen LogP contribution in [0.4, 0.5) is 25.3 Å². The van der Waals surface area contributed by atoms with Crippen LogP contribution in [0.3, 0.4) is 0 Å². The summed E-state index contributed by atoms with van der Waals surface area (Å²) in [7, 11) is 0. The Labute approximate surface area is 266 Å². The molecular weight excluding hydrogens is 598 g/mol. The van der Waals surface area contributed by atoms with Crippen LogP contribution in [0, 0.1) is 0 Å². The number of benzene rings is 1. The number of hydrogen-bond donors (Lipinski definition) is 2. The van der Waals surface area contributed by atoms with E-state index in [1.807, 2.05) is 20.8 Å². The number of alkyl halides is 2. The van der Waals surface area contributed by atoms with Crippen molar-refractivity contribution < 1.29 is 27.8 Å². The summed E-state index contributed by atoms with van der Waals surface area (Å²) in [5.41, 5.74) is 0.376. The van der Waals surface area contributed by atoms with Crippen LogP contribution in [-0.4, -0.2) is 93.0 Å². The number of fused-ring (bicyclic) bond motifs is 1. The number of halogens is 2. The number of aromatic nitrogens is 4. The Morgan fingerprint density at radius 1 is 0.957 bits per heavy atom.